The van der Waals surface area contributed by atoms with Crippen LogP contribution in [0.15, 0.2) is 12.1 Å². The van der Waals surface area contributed by atoms with E-state index in [-0.39, 0.29) is 0 Å². The Morgan fingerprint density at radius 2 is 2.00 bits per heavy atom. The van der Waals surface area contributed by atoms with Crippen molar-refractivity contribution in [2.45, 2.75) is 50.3 Å². The zero-order chi connectivity index (χ0) is 12.1. The number of thiophene rings is 1. The van der Waals surface area contributed by atoms with E-state index >= 15 is 0 Å². The molecule has 1 N–H and O–H groups in total. The Morgan fingerprint density at radius 1 is 1.29 bits per heavy atom. The second-order valence-electron chi connectivity index (χ2n) is 4.92. The van der Waals surface area contributed by atoms with E-state index in [2.05, 4.69) is 42.4 Å². The molecule has 2 rings (SSSR count). The zero-order valence-electron chi connectivity index (χ0n) is 10.9. The highest BCUT2D eigenvalue weighted by Gasteiger charge is 2.32. The average molecular weight is 269 g/mol. The third-order valence-electron chi connectivity index (χ3n) is 3.76. The maximum atomic E-state index is 3.66. The van der Waals surface area contributed by atoms with Crippen molar-refractivity contribution < 1.29 is 0 Å². The van der Waals surface area contributed by atoms with E-state index in [1.807, 2.05) is 11.3 Å². The maximum Gasteiger partial charge on any atom is 0.0300 e. The molecule has 0 spiro atoms. The first-order chi connectivity index (χ1) is 8.28. The van der Waals surface area contributed by atoms with Crippen LogP contribution in [-0.4, -0.2) is 17.5 Å². The van der Waals surface area contributed by atoms with Crippen molar-refractivity contribution in [2.75, 3.05) is 12.8 Å². The number of aryl methyl sites for hydroxylation is 1. The van der Waals surface area contributed by atoms with E-state index in [4.69, 9.17) is 0 Å². The number of hydrogen-bond donors (Lipinski definition) is 1. The first kappa shape index (κ1) is 13.4. The third-order valence-corrected chi connectivity index (χ3v) is 6.41. The lowest BCUT2D eigenvalue weighted by molar-refractivity contribution is 0.536. The highest BCUT2D eigenvalue weighted by atomic mass is 32.2. The number of nitrogens with one attached hydrogen (secondary N) is 1. The Morgan fingerprint density at radius 3 is 2.59 bits per heavy atom. The van der Waals surface area contributed by atoms with Gasteiger partial charge in [-0.1, -0.05) is 19.8 Å². The number of hydrogen-bond acceptors (Lipinski definition) is 3. The van der Waals surface area contributed by atoms with Gasteiger partial charge in [0.25, 0.3) is 0 Å². The summed E-state index contributed by atoms with van der Waals surface area (Å²) in [6.07, 6.45) is 9.06. The Labute approximate surface area is 113 Å². The van der Waals surface area contributed by atoms with Crippen LogP contribution in [0, 0.1) is 0 Å². The average Bonchev–Trinajstić information content (AvgIpc) is 2.98. The molecule has 1 heterocycles. The van der Waals surface area contributed by atoms with Gasteiger partial charge in [0.15, 0.2) is 0 Å². The van der Waals surface area contributed by atoms with Gasteiger partial charge in [0.1, 0.15) is 0 Å². The summed E-state index contributed by atoms with van der Waals surface area (Å²) in [6, 6.07) is 4.54. The molecule has 1 saturated carbocycles. The van der Waals surface area contributed by atoms with Gasteiger partial charge in [-0.05, 0) is 37.7 Å². The van der Waals surface area contributed by atoms with E-state index < -0.39 is 0 Å². The van der Waals surface area contributed by atoms with Gasteiger partial charge in [0.05, 0.1) is 0 Å². The molecule has 1 aromatic rings. The molecule has 17 heavy (non-hydrogen) atoms. The van der Waals surface area contributed by atoms with E-state index in [1.165, 1.54) is 48.4 Å². The van der Waals surface area contributed by atoms with E-state index in [9.17, 15) is 0 Å². The summed E-state index contributed by atoms with van der Waals surface area (Å²) in [6.45, 7) is 4.45. The normalized spacial score (nSPS) is 18.7. The summed E-state index contributed by atoms with van der Waals surface area (Å²) in [5, 5.41) is 3.66. The van der Waals surface area contributed by atoms with Gasteiger partial charge in [-0.15, -0.1) is 11.3 Å². The molecule has 3 heteroatoms. The van der Waals surface area contributed by atoms with Crippen LogP contribution >= 0.6 is 23.1 Å². The van der Waals surface area contributed by atoms with Gasteiger partial charge in [0.2, 0.25) is 0 Å². The molecule has 0 unspecified atom stereocenters. The van der Waals surface area contributed by atoms with Crippen LogP contribution in [0.4, 0.5) is 0 Å². The Hall–Kier alpha value is 0.01000. The molecule has 0 radical (unpaired) electrons. The van der Waals surface area contributed by atoms with Gasteiger partial charge in [-0.2, -0.15) is 11.8 Å². The van der Waals surface area contributed by atoms with E-state index in [0.29, 0.717) is 4.75 Å². The topological polar surface area (TPSA) is 12.0 Å². The van der Waals surface area contributed by atoms with Crippen LogP contribution in [0.5, 0.6) is 0 Å². The summed E-state index contributed by atoms with van der Waals surface area (Å²) >= 11 is 4.02. The molecule has 0 aliphatic heterocycles. The summed E-state index contributed by atoms with van der Waals surface area (Å²) in [5.41, 5.74) is 0. The summed E-state index contributed by atoms with van der Waals surface area (Å²) < 4.78 is 0.533. The summed E-state index contributed by atoms with van der Waals surface area (Å²) in [4.78, 5) is 2.98. The number of rotatable bonds is 6. The highest BCUT2D eigenvalue weighted by molar-refractivity contribution is 8.00. The second kappa shape index (κ2) is 6.26. The molecule has 1 aliphatic rings. The molecule has 0 saturated heterocycles. The van der Waals surface area contributed by atoms with Gasteiger partial charge < -0.3 is 5.32 Å². The van der Waals surface area contributed by atoms with Crippen molar-refractivity contribution in [3.8, 4) is 0 Å². The fourth-order valence-electron chi connectivity index (χ4n) is 2.59. The molecule has 0 amide bonds. The Balaban J connectivity index is 1.78. The fourth-order valence-corrected chi connectivity index (χ4v) is 4.46. The van der Waals surface area contributed by atoms with E-state index in [1.54, 1.807) is 0 Å². The van der Waals surface area contributed by atoms with Gasteiger partial charge >= 0.3 is 0 Å². The van der Waals surface area contributed by atoms with Crippen LogP contribution in [-0.2, 0) is 13.0 Å². The lowest BCUT2D eigenvalue weighted by atomic mass is 10.1. The van der Waals surface area contributed by atoms with Crippen molar-refractivity contribution >= 4 is 23.1 Å². The highest BCUT2D eigenvalue weighted by Crippen LogP contribution is 2.39. The maximum absolute atomic E-state index is 3.66. The van der Waals surface area contributed by atoms with Gasteiger partial charge in [-0.3, -0.25) is 0 Å². The quantitative estimate of drug-likeness (QED) is 0.835. The van der Waals surface area contributed by atoms with Gasteiger partial charge in [-0.25, -0.2) is 0 Å². The number of thioether (sulfide) groups is 1. The summed E-state index contributed by atoms with van der Waals surface area (Å²) in [5.74, 6) is 0. The molecular formula is C14H23NS2. The van der Waals surface area contributed by atoms with Crippen molar-refractivity contribution in [2.24, 2.45) is 0 Å². The van der Waals surface area contributed by atoms with Crippen LogP contribution in [0.3, 0.4) is 0 Å². The minimum absolute atomic E-state index is 0.533. The van der Waals surface area contributed by atoms with E-state index in [0.717, 1.165) is 6.54 Å². The van der Waals surface area contributed by atoms with Crippen molar-refractivity contribution in [1.82, 2.24) is 5.32 Å². The Kier molecular flexibility index (Phi) is 4.95. The van der Waals surface area contributed by atoms with Crippen LogP contribution < -0.4 is 5.32 Å². The molecular weight excluding hydrogens is 246 g/mol. The first-order valence-electron chi connectivity index (χ1n) is 6.61. The molecule has 0 atom stereocenters. The molecule has 1 fully saturated rings. The lowest BCUT2D eigenvalue weighted by Gasteiger charge is -2.26. The largest absolute Gasteiger partial charge is 0.310 e. The fraction of sp³-hybridized carbons (Fsp3) is 0.714. The molecule has 1 aliphatic carbocycles. The predicted octanol–water partition coefficient (Wildman–Crippen LogP) is 4.08. The van der Waals surface area contributed by atoms with Crippen LogP contribution in [0.1, 0.15) is 42.4 Å². The van der Waals surface area contributed by atoms with Crippen molar-refractivity contribution in [3.63, 3.8) is 0 Å². The van der Waals surface area contributed by atoms with Gasteiger partial charge in [0, 0.05) is 27.6 Å². The minimum atomic E-state index is 0.533. The lowest BCUT2D eigenvalue weighted by Crippen LogP contribution is -2.34. The molecule has 1 aromatic heterocycles. The SMILES string of the molecule is CCc1ccc(CNCC2(SC)CCCC2)s1. The monoisotopic (exact) mass is 269 g/mol. The molecule has 96 valence electrons. The van der Waals surface area contributed by atoms with Crippen molar-refractivity contribution in [1.29, 1.82) is 0 Å². The summed E-state index contributed by atoms with van der Waals surface area (Å²) in [7, 11) is 0. The molecule has 0 bridgehead atoms. The molecule has 0 aromatic carbocycles. The van der Waals surface area contributed by atoms with Crippen molar-refractivity contribution in [3.05, 3.63) is 21.9 Å². The minimum Gasteiger partial charge on any atom is -0.310 e. The smallest absolute Gasteiger partial charge is 0.0300 e. The second-order valence-corrected chi connectivity index (χ2v) is 7.45. The standard InChI is InChI=1S/C14H23NS2/c1-3-12-6-7-13(17-12)10-15-11-14(16-2)8-4-5-9-14/h6-7,15H,3-5,8-11H2,1-2H3. The predicted molar refractivity (Wildman–Crippen MR) is 80.1 cm³/mol. The van der Waals surface area contributed by atoms with Crippen LogP contribution in [0.25, 0.3) is 0 Å². The first-order valence-corrected chi connectivity index (χ1v) is 8.65. The third kappa shape index (κ3) is 3.49. The zero-order valence-corrected chi connectivity index (χ0v) is 12.6. The van der Waals surface area contributed by atoms with Crippen LogP contribution in [0.2, 0.25) is 0 Å². The Bertz CT molecular complexity index is 340. The molecule has 1 nitrogen and oxygen atoms in total.